The van der Waals surface area contributed by atoms with Crippen LogP contribution in [0.25, 0.3) is 0 Å². The van der Waals surface area contributed by atoms with Gasteiger partial charge in [0, 0.05) is 12.2 Å². The minimum atomic E-state index is -0.885. The van der Waals surface area contributed by atoms with Gasteiger partial charge in [0.25, 0.3) is 0 Å². The summed E-state index contributed by atoms with van der Waals surface area (Å²) in [6, 6.07) is 20.1. The van der Waals surface area contributed by atoms with Crippen molar-refractivity contribution < 1.29 is 33.0 Å². The minimum Gasteiger partial charge on any atom is -0.457 e. The topological polar surface area (TPSA) is 106 Å². The second kappa shape index (κ2) is 12.5. The maximum absolute atomic E-state index is 13.3. The van der Waals surface area contributed by atoms with Crippen LogP contribution in [0.3, 0.4) is 0 Å². The first-order chi connectivity index (χ1) is 19.1. The predicted molar refractivity (Wildman–Crippen MR) is 146 cm³/mol. The number of halogens is 1. The Bertz CT molecular complexity index is 1310. The standard InChI is InChI=1S/C30H32FN3O6/c1-30(2,3)40-29(37)34-18-23(33-28(36)38-19-20-7-5-4-6-8-20)17-26(34)27(35)32-22-11-15-25(16-12-22)39-24-13-9-21(31)10-14-24/h4-16,23,26H,17-19H2,1-3H3,(H,32,35)(H,33,36). The smallest absolute Gasteiger partial charge is 0.411 e. The van der Waals surface area contributed by atoms with Gasteiger partial charge < -0.3 is 24.8 Å². The molecule has 3 aromatic carbocycles. The van der Waals surface area contributed by atoms with Crippen molar-refractivity contribution in [3.8, 4) is 11.5 Å². The maximum Gasteiger partial charge on any atom is 0.411 e. The summed E-state index contributed by atoms with van der Waals surface area (Å²) in [6.07, 6.45) is -1.12. The molecule has 0 radical (unpaired) electrons. The molecule has 3 amide bonds. The van der Waals surface area contributed by atoms with E-state index in [1.54, 1.807) is 45.0 Å². The quantitative estimate of drug-likeness (QED) is 0.382. The number of likely N-dealkylation sites (tertiary alicyclic amines) is 1. The largest absolute Gasteiger partial charge is 0.457 e. The summed E-state index contributed by atoms with van der Waals surface area (Å²) in [7, 11) is 0. The van der Waals surface area contributed by atoms with Crippen LogP contribution < -0.4 is 15.4 Å². The van der Waals surface area contributed by atoms with E-state index in [0.717, 1.165) is 5.56 Å². The van der Waals surface area contributed by atoms with Gasteiger partial charge in [-0.2, -0.15) is 0 Å². The number of alkyl carbamates (subject to hydrolysis) is 1. The molecule has 4 rings (SSSR count). The molecule has 1 aliphatic heterocycles. The van der Waals surface area contributed by atoms with E-state index in [0.29, 0.717) is 17.2 Å². The van der Waals surface area contributed by atoms with E-state index in [1.165, 1.54) is 29.2 Å². The SMILES string of the molecule is CC(C)(C)OC(=O)N1CC(NC(=O)OCc2ccccc2)CC1C(=O)Nc1ccc(Oc2ccc(F)cc2)cc1. The Morgan fingerprint density at radius 1 is 0.925 bits per heavy atom. The number of ether oxygens (including phenoxy) is 3. The zero-order valence-corrected chi connectivity index (χ0v) is 22.6. The second-order valence-electron chi connectivity index (χ2n) is 10.4. The molecule has 210 valence electrons. The van der Waals surface area contributed by atoms with Crippen molar-refractivity contribution in [2.45, 2.75) is 51.5 Å². The van der Waals surface area contributed by atoms with Gasteiger partial charge in [-0.15, -0.1) is 0 Å². The van der Waals surface area contributed by atoms with Gasteiger partial charge >= 0.3 is 12.2 Å². The number of hydrogen-bond acceptors (Lipinski definition) is 6. The third kappa shape index (κ3) is 8.20. The maximum atomic E-state index is 13.3. The van der Waals surface area contributed by atoms with E-state index >= 15 is 0 Å². The monoisotopic (exact) mass is 549 g/mol. The van der Waals surface area contributed by atoms with Gasteiger partial charge in [0.1, 0.15) is 35.6 Å². The average molecular weight is 550 g/mol. The number of amides is 3. The molecule has 1 fully saturated rings. The van der Waals surface area contributed by atoms with Crippen molar-refractivity contribution in [2.24, 2.45) is 0 Å². The third-order valence-corrected chi connectivity index (χ3v) is 5.94. The van der Waals surface area contributed by atoms with Gasteiger partial charge in [0.05, 0.1) is 6.04 Å². The van der Waals surface area contributed by atoms with Crippen LogP contribution in [0.1, 0.15) is 32.8 Å². The van der Waals surface area contributed by atoms with Crippen LogP contribution in [0, 0.1) is 5.82 Å². The van der Waals surface area contributed by atoms with Gasteiger partial charge in [-0.05, 0) is 81.3 Å². The number of rotatable bonds is 7. The van der Waals surface area contributed by atoms with Crippen LogP contribution in [0.2, 0.25) is 0 Å². The number of nitrogens with zero attached hydrogens (tertiary/aromatic N) is 1. The van der Waals surface area contributed by atoms with Crippen LogP contribution >= 0.6 is 0 Å². The summed E-state index contributed by atoms with van der Waals surface area (Å²) in [5.41, 5.74) is 0.559. The highest BCUT2D eigenvalue weighted by molar-refractivity contribution is 5.97. The fraction of sp³-hybridized carbons (Fsp3) is 0.300. The molecule has 0 aromatic heterocycles. The zero-order chi connectivity index (χ0) is 28.7. The molecule has 0 bridgehead atoms. The number of carbonyl (C=O) groups is 3. The molecular weight excluding hydrogens is 517 g/mol. The van der Waals surface area contributed by atoms with Crippen LogP contribution in [0.15, 0.2) is 78.9 Å². The van der Waals surface area contributed by atoms with E-state index in [1.807, 2.05) is 30.3 Å². The Labute approximate surface area is 232 Å². The third-order valence-electron chi connectivity index (χ3n) is 5.94. The Kier molecular flexibility index (Phi) is 8.88. The molecule has 1 heterocycles. The lowest BCUT2D eigenvalue weighted by Crippen LogP contribution is -2.45. The summed E-state index contributed by atoms with van der Waals surface area (Å²) < 4.78 is 29.6. The number of nitrogens with one attached hydrogen (secondary N) is 2. The fourth-order valence-corrected chi connectivity index (χ4v) is 4.11. The van der Waals surface area contributed by atoms with Gasteiger partial charge in [0.15, 0.2) is 0 Å². The van der Waals surface area contributed by atoms with E-state index in [4.69, 9.17) is 14.2 Å². The lowest BCUT2D eigenvalue weighted by molar-refractivity contribution is -0.120. The van der Waals surface area contributed by atoms with Crippen molar-refractivity contribution in [3.63, 3.8) is 0 Å². The summed E-state index contributed by atoms with van der Waals surface area (Å²) in [5, 5.41) is 5.56. The lowest BCUT2D eigenvalue weighted by Gasteiger charge is -2.28. The van der Waals surface area contributed by atoms with E-state index < -0.39 is 35.8 Å². The normalized spacial score (nSPS) is 16.6. The van der Waals surface area contributed by atoms with Crippen molar-refractivity contribution in [1.82, 2.24) is 10.2 Å². The molecule has 2 unspecified atom stereocenters. The van der Waals surface area contributed by atoms with Gasteiger partial charge in [-0.1, -0.05) is 30.3 Å². The number of benzene rings is 3. The molecule has 2 N–H and O–H groups in total. The van der Waals surface area contributed by atoms with Crippen molar-refractivity contribution in [1.29, 1.82) is 0 Å². The highest BCUT2D eigenvalue weighted by Crippen LogP contribution is 2.26. The van der Waals surface area contributed by atoms with Crippen LogP contribution in [-0.2, 0) is 20.9 Å². The predicted octanol–water partition coefficient (Wildman–Crippen LogP) is 5.86. The number of carbonyl (C=O) groups excluding carboxylic acids is 3. The van der Waals surface area contributed by atoms with Crippen LogP contribution in [0.5, 0.6) is 11.5 Å². The number of anilines is 1. The lowest BCUT2D eigenvalue weighted by atomic mass is 10.1. The fourth-order valence-electron chi connectivity index (χ4n) is 4.11. The second-order valence-corrected chi connectivity index (χ2v) is 10.4. The van der Waals surface area contributed by atoms with E-state index in [2.05, 4.69) is 10.6 Å². The Morgan fingerprint density at radius 2 is 1.55 bits per heavy atom. The molecule has 40 heavy (non-hydrogen) atoms. The summed E-state index contributed by atoms with van der Waals surface area (Å²) >= 11 is 0. The molecule has 0 saturated carbocycles. The van der Waals surface area contributed by atoms with Gasteiger partial charge in [-0.3, -0.25) is 9.69 Å². The molecule has 1 aliphatic rings. The summed E-state index contributed by atoms with van der Waals surface area (Å²) in [4.78, 5) is 40.0. The molecule has 3 aromatic rings. The highest BCUT2D eigenvalue weighted by Gasteiger charge is 2.42. The van der Waals surface area contributed by atoms with E-state index in [9.17, 15) is 18.8 Å². The average Bonchev–Trinajstić information content (AvgIpc) is 3.34. The van der Waals surface area contributed by atoms with Gasteiger partial charge in [-0.25, -0.2) is 14.0 Å². The van der Waals surface area contributed by atoms with Crippen LogP contribution in [0.4, 0.5) is 19.7 Å². The molecule has 0 spiro atoms. The van der Waals surface area contributed by atoms with Gasteiger partial charge in [0.2, 0.25) is 5.91 Å². The summed E-state index contributed by atoms with van der Waals surface area (Å²) in [5.74, 6) is 0.177. The first kappa shape index (κ1) is 28.4. The van der Waals surface area contributed by atoms with Crippen LogP contribution in [-0.4, -0.2) is 47.2 Å². The Hall–Kier alpha value is -4.60. The molecule has 2 atom stereocenters. The summed E-state index contributed by atoms with van der Waals surface area (Å²) in [6.45, 7) is 5.39. The first-order valence-corrected chi connectivity index (χ1v) is 12.9. The Balaban J connectivity index is 1.38. The number of hydrogen-bond donors (Lipinski definition) is 2. The molecular formula is C30H32FN3O6. The Morgan fingerprint density at radius 3 is 2.17 bits per heavy atom. The highest BCUT2D eigenvalue weighted by atomic mass is 19.1. The van der Waals surface area contributed by atoms with Crippen molar-refractivity contribution in [3.05, 3.63) is 90.2 Å². The molecule has 9 nitrogen and oxygen atoms in total. The van der Waals surface area contributed by atoms with Crippen molar-refractivity contribution in [2.75, 3.05) is 11.9 Å². The van der Waals surface area contributed by atoms with Crippen molar-refractivity contribution >= 4 is 23.8 Å². The molecule has 0 aliphatic carbocycles. The molecule has 10 heteroatoms. The zero-order valence-electron chi connectivity index (χ0n) is 22.6. The molecule has 1 saturated heterocycles. The van der Waals surface area contributed by atoms with E-state index in [-0.39, 0.29) is 25.4 Å². The first-order valence-electron chi connectivity index (χ1n) is 12.9. The minimum absolute atomic E-state index is 0.0812.